The van der Waals surface area contributed by atoms with Gasteiger partial charge in [-0.2, -0.15) is 10.5 Å². The van der Waals surface area contributed by atoms with Gasteiger partial charge in [0.05, 0.1) is 36.7 Å². The molecule has 0 radical (unpaired) electrons. The molecular weight excluding hydrogens is 528 g/mol. The highest BCUT2D eigenvalue weighted by Gasteiger charge is 2.65. The Bertz CT molecular complexity index is 962. The molecule has 234 valence electrons. The van der Waals surface area contributed by atoms with E-state index in [1.165, 1.54) is 0 Å². The van der Waals surface area contributed by atoms with E-state index in [-0.39, 0.29) is 31.5 Å². The average molecular weight is 581 g/mol. The Labute approximate surface area is 246 Å². The molecule has 0 saturated carbocycles. The van der Waals surface area contributed by atoms with Crippen LogP contribution >= 0.6 is 0 Å². The Morgan fingerprint density at radius 1 is 0.707 bits per heavy atom. The van der Waals surface area contributed by atoms with E-state index in [4.69, 9.17) is 9.47 Å². The first kappa shape index (κ1) is 40.0. The molecule has 41 heavy (non-hydrogen) atoms. The summed E-state index contributed by atoms with van der Waals surface area (Å²) in [6, 6.07) is 3.91. The number of ether oxygens (including phenoxy) is 2. The van der Waals surface area contributed by atoms with E-state index < -0.39 is 57.9 Å². The van der Waals surface area contributed by atoms with Crippen molar-refractivity contribution < 1.29 is 38.9 Å². The van der Waals surface area contributed by atoms with Crippen molar-refractivity contribution >= 4 is 23.9 Å². The van der Waals surface area contributed by atoms with Gasteiger partial charge in [0.2, 0.25) is 0 Å². The van der Waals surface area contributed by atoms with Crippen LogP contribution in [-0.4, -0.2) is 47.3 Å². The molecule has 10 heteroatoms. The van der Waals surface area contributed by atoms with Gasteiger partial charge < -0.3 is 19.7 Å². The number of carbonyl (C=O) groups excluding carboxylic acids is 2. The summed E-state index contributed by atoms with van der Waals surface area (Å²) >= 11 is 0. The van der Waals surface area contributed by atoms with Crippen LogP contribution in [0.3, 0.4) is 0 Å². The van der Waals surface area contributed by atoms with Crippen LogP contribution in [0.15, 0.2) is 0 Å². The van der Waals surface area contributed by atoms with Crippen molar-refractivity contribution in [1.29, 1.82) is 10.5 Å². The van der Waals surface area contributed by atoms with E-state index in [1.54, 1.807) is 48.5 Å². The summed E-state index contributed by atoms with van der Waals surface area (Å²) in [5.74, 6) is -6.14. The quantitative estimate of drug-likeness (QED) is 0.203. The number of hydrogen-bond acceptors (Lipinski definition) is 8. The molecule has 0 aromatic rings. The lowest BCUT2D eigenvalue weighted by molar-refractivity contribution is -0.179. The normalized spacial score (nSPS) is 16.2. The van der Waals surface area contributed by atoms with Crippen molar-refractivity contribution in [2.24, 2.45) is 45.8 Å². The molecule has 0 aliphatic carbocycles. The predicted octanol–water partition coefficient (Wildman–Crippen LogP) is 6.10. The van der Waals surface area contributed by atoms with Gasteiger partial charge >= 0.3 is 23.9 Å². The fourth-order valence-corrected chi connectivity index (χ4v) is 5.64. The van der Waals surface area contributed by atoms with Crippen molar-refractivity contribution in [3.8, 4) is 12.1 Å². The highest BCUT2D eigenvalue weighted by molar-refractivity contribution is 5.90. The molecule has 4 atom stereocenters. The average Bonchev–Trinajstić information content (AvgIpc) is 2.87. The molecular formula is C31H52N2O8. The molecule has 10 nitrogen and oxygen atoms in total. The predicted molar refractivity (Wildman–Crippen MR) is 154 cm³/mol. The van der Waals surface area contributed by atoms with E-state index >= 15 is 0 Å². The minimum Gasteiger partial charge on any atom is -0.481 e. The number of nitrogens with zero attached hydrogens (tertiary/aromatic N) is 2. The molecule has 0 aliphatic rings. The van der Waals surface area contributed by atoms with Gasteiger partial charge in [-0.05, 0) is 42.9 Å². The lowest BCUT2D eigenvalue weighted by atomic mass is 9.52. The van der Waals surface area contributed by atoms with Crippen molar-refractivity contribution in [3.05, 3.63) is 0 Å². The van der Waals surface area contributed by atoms with Gasteiger partial charge in [-0.1, -0.05) is 82.6 Å². The first-order valence-electron chi connectivity index (χ1n) is 14.6. The number of esters is 2. The first-order chi connectivity index (χ1) is 18.9. The zero-order valence-electron chi connectivity index (χ0n) is 26.9. The van der Waals surface area contributed by atoms with E-state index in [0.29, 0.717) is 19.3 Å². The Morgan fingerprint density at radius 3 is 1.46 bits per heavy atom. The van der Waals surface area contributed by atoms with Crippen molar-refractivity contribution in [3.63, 3.8) is 0 Å². The number of carboxylic acids is 2. The molecule has 0 aliphatic heterocycles. The Balaban J connectivity index is 0. The molecule has 0 spiro atoms. The van der Waals surface area contributed by atoms with Gasteiger partial charge in [0, 0.05) is 0 Å². The maximum absolute atomic E-state index is 12.6. The number of carboxylic acid groups (broad SMARTS) is 2. The fraction of sp³-hybridized carbons (Fsp3) is 0.806. The van der Waals surface area contributed by atoms with Gasteiger partial charge in [-0.25, -0.2) is 0 Å². The molecule has 0 saturated heterocycles. The van der Waals surface area contributed by atoms with Gasteiger partial charge in [0.1, 0.15) is 0 Å². The van der Waals surface area contributed by atoms with Crippen molar-refractivity contribution in [1.82, 2.24) is 0 Å². The molecule has 0 fully saturated rings. The maximum atomic E-state index is 12.6. The third-order valence-electron chi connectivity index (χ3n) is 7.83. The second-order valence-electron chi connectivity index (χ2n) is 11.7. The Kier molecular flexibility index (Phi) is 17.2. The van der Waals surface area contributed by atoms with Crippen LogP contribution in [0.1, 0.15) is 102 Å². The van der Waals surface area contributed by atoms with Gasteiger partial charge in [-0.3, -0.25) is 19.2 Å². The van der Waals surface area contributed by atoms with E-state index in [2.05, 4.69) is 6.07 Å². The zero-order valence-corrected chi connectivity index (χ0v) is 26.9. The largest absolute Gasteiger partial charge is 0.481 e. The maximum Gasteiger partial charge on any atom is 0.327 e. The summed E-state index contributed by atoms with van der Waals surface area (Å²) in [7, 11) is 0. The summed E-state index contributed by atoms with van der Waals surface area (Å²) in [5, 5.41) is 38.5. The molecule has 0 heterocycles. The highest BCUT2D eigenvalue weighted by atomic mass is 16.5. The number of hydrogen-bond donors (Lipinski definition) is 2. The molecule has 2 N–H and O–H groups in total. The van der Waals surface area contributed by atoms with Gasteiger partial charge in [-0.15, -0.1) is 0 Å². The van der Waals surface area contributed by atoms with Crippen LogP contribution in [0.5, 0.6) is 0 Å². The van der Waals surface area contributed by atoms with Crippen LogP contribution in [0.4, 0.5) is 0 Å². The summed E-state index contributed by atoms with van der Waals surface area (Å²) in [6.45, 7) is 19.8. The molecule has 0 rings (SSSR count). The van der Waals surface area contributed by atoms with Crippen LogP contribution in [-0.2, 0) is 28.7 Å². The van der Waals surface area contributed by atoms with E-state index in [1.807, 2.05) is 33.8 Å². The number of rotatable bonds is 16. The molecule has 0 bridgehead atoms. The molecule has 4 unspecified atom stereocenters. The van der Waals surface area contributed by atoms with Crippen LogP contribution in [0.2, 0.25) is 0 Å². The van der Waals surface area contributed by atoms with Gasteiger partial charge in [0.15, 0.2) is 10.8 Å². The smallest absolute Gasteiger partial charge is 0.327 e. The van der Waals surface area contributed by atoms with Crippen molar-refractivity contribution in [2.75, 3.05) is 13.2 Å². The Hall–Kier alpha value is -3.14. The van der Waals surface area contributed by atoms with Crippen LogP contribution in [0.25, 0.3) is 0 Å². The minimum atomic E-state index is -1.93. The minimum absolute atomic E-state index is 0.165. The zero-order chi connectivity index (χ0) is 32.8. The van der Waals surface area contributed by atoms with Crippen molar-refractivity contribution in [2.45, 2.75) is 102 Å². The highest BCUT2D eigenvalue weighted by Crippen LogP contribution is 2.53. The summed E-state index contributed by atoms with van der Waals surface area (Å²) in [4.78, 5) is 48.6. The molecule has 0 aromatic carbocycles. The monoisotopic (exact) mass is 580 g/mol. The first-order valence-corrected chi connectivity index (χ1v) is 14.6. The Morgan fingerprint density at radius 2 is 1.20 bits per heavy atom. The standard InChI is InChI=1S/C17H29NO4.C14H23NO4/c1-7-9-21-15(19)14(12(3)4)17(11-18,13(5)6)16(20)22-10-8-2;1-6-7-13(9(2)3,11(16)17)14(8-15,10(4)5)12(18)19/h12-14H,7-10H2,1-6H3;9-10H,6-7H2,1-5H3,(H,16,17)(H,18,19). The SMILES string of the molecule is CCCC(C(=O)O)(C(C)C)C(C#N)(C(=O)O)C(C)C.CCCOC(=O)C(C(C)C)C(C#N)(C(=O)OCCC)C(C)C. The summed E-state index contributed by atoms with van der Waals surface area (Å²) in [5.41, 5.74) is -5.03. The summed E-state index contributed by atoms with van der Waals surface area (Å²) < 4.78 is 10.5. The lowest BCUT2D eigenvalue weighted by Gasteiger charge is -2.45. The number of aliphatic carboxylic acids is 2. The molecule has 0 amide bonds. The lowest BCUT2D eigenvalue weighted by Crippen LogP contribution is -2.57. The third-order valence-corrected chi connectivity index (χ3v) is 7.83. The topological polar surface area (TPSA) is 175 Å². The third kappa shape index (κ3) is 8.21. The number of nitriles is 2. The second-order valence-corrected chi connectivity index (χ2v) is 11.7. The van der Waals surface area contributed by atoms with E-state index in [0.717, 1.165) is 0 Å². The molecule has 0 aromatic heterocycles. The van der Waals surface area contributed by atoms with Crippen LogP contribution < -0.4 is 0 Å². The van der Waals surface area contributed by atoms with Gasteiger partial charge in [0.25, 0.3) is 0 Å². The van der Waals surface area contributed by atoms with E-state index in [9.17, 15) is 39.9 Å². The summed E-state index contributed by atoms with van der Waals surface area (Å²) in [6.07, 6.45) is 2.03. The number of carbonyl (C=O) groups is 4. The van der Waals surface area contributed by atoms with Crippen LogP contribution in [0, 0.1) is 68.5 Å². The fourth-order valence-electron chi connectivity index (χ4n) is 5.64. The second kappa shape index (κ2) is 17.6.